The molecule has 0 N–H and O–H groups in total. The van der Waals surface area contributed by atoms with Crippen LogP contribution in [0.2, 0.25) is 5.02 Å². The van der Waals surface area contributed by atoms with E-state index in [2.05, 4.69) is 0 Å². The Morgan fingerprint density at radius 3 is 2.83 bits per heavy atom. The molecule has 0 aromatic heterocycles. The van der Waals surface area contributed by atoms with Crippen LogP contribution in [0.25, 0.3) is 0 Å². The highest BCUT2D eigenvalue weighted by molar-refractivity contribution is 6.30. The smallest absolute Gasteiger partial charge is 0.337 e. The van der Waals surface area contributed by atoms with Gasteiger partial charge in [0.25, 0.3) is 5.91 Å². The molecule has 0 fully saturated rings. The van der Waals surface area contributed by atoms with E-state index in [0.717, 1.165) is 5.56 Å². The average Bonchev–Trinajstić information content (AvgIpc) is 2.58. The number of benzene rings is 2. The van der Waals surface area contributed by atoms with Crippen LogP contribution in [0.4, 0.5) is 5.69 Å². The minimum absolute atomic E-state index is 0.145. The van der Waals surface area contributed by atoms with Gasteiger partial charge in [-0.25, -0.2) is 4.79 Å². The SMILES string of the molecule is COC(=O)c1cccc(CN2C(=O)C(C)Oc3cc(Cl)ccc32)c1. The van der Waals surface area contributed by atoms with E-state index < -0.39 is 12.1 Å². The molecule has 124 valence electrons. The maximum absolute atomic E-state index is 12.5. The van der Waals surface area contributed by atoms with Crippen LogP contribution in [0, 0.1) is 0 Å². The van der Waals surface area contributed by atoms with E-state index in [4.69, 9.17) is 21.1 Å². The Hall–Kier alpha value is -2.53. The predicted molar refractivity (Wildman–Crippen MR) is 90.5 cm³/mol. The van der Waals surface area contributed by atoms with Gasteiger partial charge in [-0.2, -0.15) is 0 Å². The Kier molecular flexibility index (Phi) is 4.44. The molecule has 1 aliphatic heterocycles. The summed E-state index contributed by atoms with van der Waals surface area (Å²) in [6.07, 6.45) is -0.597. The molecule has 1 amide bonds. The number of esters is 1. The number of hydrogen-bond donors (Lipinski definition) is 0. The molecule has 1 atom stereocenters. The van der Waals surface area contributed by atoms with Gasteiger partial charge >= 0.3 is 5.97 Å². The van der Waals surface area contributed by atoms with Crippen molar-refractivity contribution in [1.82, 2.24) is 0 Å². The normalized spacial score (nSPS) is 16.4. The highest BCUT2D eigenvalue weighted by Crippen LogP contribution is 2.37. The van der Waals surface area contributed by atoms with Crippen molar-refractivity contribution in [3.63, 3.8) is 0 Å². The molecule has 6 heteroatoms. The lowest BCUT2D eigenvalue weighted by Gasteiger charge is -2.33. The van der Waals surface area contributed by atoms with Crippen LogP contribution < -0.4 is 9.64 Å². The lowest BCUT2D eigenvalue weighted by Crippen LogP contribution is -2.44. The van der Waals surface area contributed by atoms with Gasteiger partial charge < -0.3 is 14.4 Å². The standard InChI is InChI=1S/C18H16ClNO4/c1-11-17(21)20(15-7-6-14(19)9-16(15)24-11)10-12-4-3-5-13(8-12)18(22)23-2/h3-9,11H,10H2,1-2H3. The predicted octanol–water partition coefficient (Wildman–Crippen LogP) is 3.44. The molecule has 2 aromatic rings. The molecule has 1 heterocycles. The first-order valence-corrected chi connectivity index (χ1v) is 7.82. The van der Waals surface area contributed by atoms with Gasteiger partial charge in [-0.15, -0.1) is 0 Å². The Morgan fingerprint density at radius 1 is 1.29 bits per heavy atom. The van der Waals surface area contributed by atoms with Crippen LogP contribution in [-0.2, 0) is 16.1 Å². The highest BCUT2D eigenvalue weighted by atomic mass is 35.5. The summed E-state index contributed by atoms with van der Waals surface area (Å²) < 4.78 is 10.4. The van der Waals surface area contributed by atoms with Crippen molar-refractivity contribution >= 4 is 29.2 Å². The Bertz CT molecular complexity index is 805. The summed E-state index contributed by atoms with van der Waals surface area (Å²) in [5, 5.41) is 0.544. The third-order valence-corrected chi connectivity index (χ3v) is 4.05. The maximum Gasteiger partial charge on any atom is 0.337 e. The quantitative estimate of drug-likeness (QED) is 0.800. The van der Waals surface area contributed by atoms with Crippen molar-refractivity contribution in [2.24, 2.45) is 0 Å². The molecule has 0 aliphatic carbocycles. The number of nitrogens with zero attached hydrogens (tertiary/aromatic N) is 1. The van der Waals surface area contributed by atoms with E-state index in [-0.39, 0.29) is 5.91 Å². The second kappa shape index (κ2) is 6.53. The van der Waals surface area contributed by atoms with E-state index in [0.29, 0.717) is 28.6 Å². The molecular weight excluding hydrogens is 330 g/mol. The summed E-state index contributed by atoms with van der Waals surface area (Å²) in [4.78, 5) is 25.8. The van der Waals surface area contributed by atoms with Crippen molar-refractivity contribution in [3.05, 3.63) is 58.6 Å². The molecule has 5 nitrogen and oxygen atoms in total. The summed E-state index contributed by atoms with van der Waals surface area (Å²) in [6, 6.07) is 12.2. The molecule has 0 spiro atoms. The van der Waals surface area contributed by atoms with Crippen LogP contribution in [0.5, 0.6) is 5.75 Å². The number of amides is 1. The summed E-state index contributed by atoms with van der Waals surface area (Å²) in [5.74, 6) is 0.0118. The first kappa shape index (κ1) is 16.3. The number of carbonyl (C=O) groups excluding carboxylic acids is 2. The van der Waals surface area contributed by atoms with Crippen LogP contribution in [0.3, 0.4) is 0 Å². The monoisotopic (exact) mass is 345 g/mol. The van der Waals surface area contributed by atoms with Crippen molar-refractivity contribution in [2.45, 2.75) is 19.6 Å². The van der Waals surface area contributed by atoms with Crippen LogP contribution in [0.15, 0.2) is 42.5 Å². The lowest BCUT2D eigenvalue weighted by molar-refractivity contribution is -0.125. The minimum atomic E-state index is -0.597. The number of fused-ring (bicyclic) bond motifs is 1. The average molecular weight is 346 g/mol. The third kappa shape index (κ3) is 3.08. The number of anilines is 1. The van der Waals surface area contributed by atoms with Crippen molar-refractivity contribution in [3.8, 4) is 5.75 Å². The van der Waals surface area contributed by atoms with Gasteiger partial charge in [-0.1, -0.05) is 23.7 Å². The van der Waals surface area contributed by atoms with Crippen molar-refractivity contribution in [1.29, 1.82) is 0 Å². The van der Waals surface area contributed by atoms with Gasteiger partial charge in [0.15, 0.2) is 6.10 Å². The second-order valence-electron chi connectivity index (χ2n) is 5.49. The Labute approximate surface area is 144 Å². The van der Waals surface area contributed by atoms with Crippen LogP contribution >= 0.6 is 11.6 Å². The third-order valence-electron chi connectivity index (χ3n) is 3.82. The zero-order valence-corrected chi connectivity index (χ0v) is 14.0. The molecule has 0 bridgehead atoms. The fourth-order valence-corrected chi connectivity index (χ4v) is 2.81. The Balaban J connectivity index is 1.95. The topological polar surface area (TPSA) is 55.8 Å². The molecule has 0 radical (unpaired) electrons. The fraction of sp³-hybridized carbons (Fsp3) is 0.222. The van der Waals surface area contributed by atoms with Crippen molar-refractivity contribution < 1.29 is 19.1 Å². The van der Waals surface area contributed by atoms with Crippen LogP contribution in [-0.4, -0.2) is 25.1 Å². The zero-order valence-electron chi connectivity index (χ0n) is 13.3. The van der Waals surface area contributed by atoms with Gasteiger partial charge in [0, 0.05) is 11.1 Å². The fourth-order valence-electron chi connectivity index (χ4n) is 2.64. The van der Waals surface area contributed by atoms with Gasteiger partial charge in [-0.3, -0.25) is 4.79 Å². The summed E-state index contributed by atoms with van der Waals surface area (Å²) in [6.45, 7) is 2.02. The first-order valence-electron chi connectivity index (χ1n) is 7.44. The molecule has 3 rings (SSSR count). The molecular formula is C18H16ClNO4. The molecule has 0 saturated heterocycles. The van der Waals surface area contributed by atoms with E-state index >= 15 is 0 Å². The van der Waals surface area contributed by atoms with E-state index in [9.17, 15) is 9.59 Å². The maximum atomic E-state index is 12.5. The second-order valence-corrected chi connectivity index (χ2v) is 5.92. The largest absolute Gasteiger partial charge is 0.479 e. The molecule has 0 saturated carbocycles. The summed E-state index contributed by atoms with van der Waals surface area (Å²) >= 11 is 6.01. The number of methoxy groups -OCH3 is 1. The number of halogens is 1. The molecule has 1 aliphatic rings. The van der Waals surface area contributed by atoms with E-state index in [1.165, 1.54) is 7.11 Å². The highest BCUT2D eigenvalue weighted by Gasteiger charge is 2.31. The minimum Gasteiger partial charge on any atom is -0.479 e. The zero-order chi connectivity index (χ0) is 17.3. The number of rotatable bonds is 3. The van der Waals surface area contributed by atoms with Crippen LogP contribution in [0.1, 0.15) is 22.8 Å². The number of ether oxygens (including phenoxy) is 2. The van der Waals surface area contributed by atoms with Gasteiger partial charge in [0.2, 0.25) is 0 Å². The first-order chi connectivity index (χ1) is 11.5. The molecule has 1 unspecified atom stereocenters. The molecule has 2 aromatic carbocycles. The number of hydrogen-bond acceptors (Lipinski definition) is 4. The van der Waals surface area contributed by atoms with Gasteiger partial charge in [-0.05, 0) is 36.8 Å². The molecule has 24 heavy (non-hydrogen) atoms. The van der Waals surface area contributed by atoms with Crippen molar-refractivity contribution in [2.75, 3.05) is 12.0 Å². The van der Waals surface area contributed by atoms with E-state index in [1.54, 1.807) is 48.2 Å². The summed E-state index contributed by atoms with van der Waals surface area (Å²) in [7, 11) is 1.34. The number of carbonyl (C=O) groups is 2. The van der Waals surface area contributed by atoms with E-state index in [1.807, 2.05) is 6.07 Å². The van der Waals surface area contributed by atoms with Gasteiger partial charge in [0.05, 0.1) is 24.9 Å². The summed E-state index contributed by atoms with van der Waals surface area (Å²) in [5.41, 5.74) is 1.92. The Morgan fingerprint density at radius 2 is 2.08 bits per heavy atom. The lowest BCUT2D eigenvalue weighted by atomic mass is 10.1. The van der Waals surface area contributed by atoms with Gasteiger partial charge in [0.1, 0.15) is 5.75 Å².